The lowest BCUT2D eigenvalue weighted by Gasteiger charge is -2.29. The first-order chi connectivity index (χ1) is 11.8. The number of phenols is 4. The van der Waals surface area contributed by atoms with E-state index in [0.29, 0.717) is 25.1 Å². The minimum atomic E-state index is -0.804. The van der Waals surface area contributed by atoms with Crippen molar-refractivity contribution in [3.63, 3.8) is 0 Å². The third-order valence-corrected chi connectivity index (χ3v) is 4.25. The molecular formula is C19H25NO5. The standard InChI is InChI=1S/C19H25NO5/c1-12(2)20(8-7-13-3-5-15(21)17(23)9-13)11-19(25)14-4-6-16(22)18(24)10-14/h3-6,9-10,12,19,21-25H,7-8,11H2,1-2H3. The quantitative estimate of drug-likeness (QED) is 0.493. The summed E-state index contributed by atoms with van der Waals surface area (Å²) in [5.41, 5.74) is 1.42. The van der Waals surface area contributed by atoms with E-state index in [4.69, 9.17) is 0 Å². The fraction of sp³-hybridized carbons (Fsp3) is 0.368. The van der Waals surface area contributed by atoms with Crippen LogP contribution in [0.2, 0.25) is 0 Å². The molecule has 5 N–H and O–H groups in total. The molecule has 25 heavy (non-hydrogen) atoms. The predicted octanol–water partition coefficient (Wildman–Crippen LogP) is 2.50. The van der Waals surface area contributed by atoms with Gasteiger partial charge in [-0.25, -0.2) is 0 Å². The summed E-state index contributed by atoms with van der Waals surface area (Å²) in [6.07, 6.45) is -0.151. The van der Waals surface area contributed by atoms with Crippen LogP contribution >= 0.6 is 0 Å². The largest absolute Gasteiger partial charge is 0.504 e. The van der Waals surface area contributed by atoms with Gasteiger partial charge in [0.1, 0.15) is 0 Å². The lowest BCUT2D eigenvalue weighted by molar-refractivity contribution is 0.0960. The average molecular weight is 347 g/mol. The van der Waals surface area contributed by atoms with E-state index in [9.17, 15) is 25.5 Å². The molecule has 0 heterocycles. The molecule has 6 nitrogen and oxygen atoms in total. The number of phenolic OH excluding ortho intramolecular Hbond substituents is 4. The van der Waals surface area contributed by atoms with Gasteiger partial charge in [-0.05, 0) is 55.7 Å². The van der Waals surface area contributed by atoms with Gasteiger partial charge >= 0.3 is 0 Å². The molecular weight excluding hydrogens is 322 g/mol. The highest BCUT2D eigenvalue weighted by Crippen LogP contribution is 2.29. The second-order valence-electron chi connectivity index (χ2n) is 6.43. The van der Waals surface area contributed by atoms with Gasteiger partial charge in [0, 0.05) is 19.1 Å². The monoisotopic (exact) mass is 347 g/mol. The number of aliphatic hydroxyl groups is 1. The zero-order valence-corrected chi connectivity index (χ0v) is 14.4. The highest BCUT2D eigenvalue weighted by atomic mass is 16.3. The number of aliphatic hydroxyl groups excluding tert-OH is 1. The maximum absolute atomic E-state index is 10.4. The third-order valence-electron chi connectivity index (χ3n) is 4.25. The van der Waals surface area contributed by atoms with Gasteiger partial charge in [0.25, 0.3) is 0 Å². The number of benzene rings is 2. The molecule has 0 bridgehead atoms. The van der Waals surface area contributed by atoms with E-state index in [-0.39, 0.29) is 29.0 Å². The summed E-state index contributed by atoms with van der Waals surface area (Å²) >= 11 is 0. The molecule has 1 unspecified atom stereocenters. The van der Waals surface area contributed by atoms with Crippen LogP contribution in [0.1, 0.15) is 31.1 Å². The Morgan fingerprint density at radius 3 is 2.00 bits per heavy atom. The van der Waals surface area contributed by atoms with Crippen LogP contribution < -0.4 is 0 Å². The molecule has 0 aliphatic heterocycles. The Bertz CT molecular complexity index is 717. The summed E-state index contributed by atoms with van der Waals surface area (Å²) in [5.74, 6) is -0.767. The van der Waals surface area contributed by atoms with Crippen LogP contribution in [0.25, 0.3) is 0 Å². The number of aromatic hydroxyl groups is 4. The second-order valence-corrected chi connectivity index (χ2v) is 6.43. The van der Waals surface area contributed by atoms with Gasteiger partial charge in [-0.15, -0.1) is 0 Å². The lowest BCUT2D eigenvalue weighted by atomic mass is 10.1. The van der Waals surface area contributed by atoms with E-state index < -0.39 is 6.10 Å². The number of hydrogen-bond donors (Lipinski definition) is 5. The Morgan fingerprint density at radius 2 is 1.44 bits per heavy atom. The van der Waals surface area contributed by atoms with Crippen LogP contribution in [0, 0.1) is 0 Å². The van der Waals surface area contributed by atoms with Crippen molar-refractivity contribution in [1.29, 1.82) is 0 Å². The summed E-state index contributed by atoms with van der Waals surface area (Å²) in [6.45, 7) is 5.07. The molecule has 0 amide bonds. The van der Waals surface area contributed by atoms with Crippen molar-refractivity contribution in [3.05, 3.63) is 47.5 Å². The van der Waals surface area contributed by atoms with Gasteiger partial charge in [0.05, 0.1) is 6.10 Å². The summed E-state index contributed by atoms with van der Waals surface area (Å²) in [6, 6.07) is 9.22. The Kier molecular flexibility index (Phi) is 6.12. The number of hydrogen-bond acceptors (Lipinski definition) is 6. The average Bonchev–Trinajstić information content (AvgIpc) is 2.56. The van der Waals surface area contributed by atoms with E-state index in [1.807, 2.05) is 13.8 Å². The molecule has 0 saturated carbocycles. The SMILES string of the molecule is CC(C)N(CCc1ccc(O)c(O)c1)CC(O)c1ccc(O)c(O)c1. The third kappa shape index (κ3) is 5.01. The van der Waals surface area contributed by atoms with Crippen molar-refractivity contribution in [2.45, 2.75) is 32.4 Å². The maximum Gasteiger partial charge on any atom is 0.157 e. The zero-order chi connectivity index (χ0) is 18.6. The van der Waals surface area contributed by atoms with E-state index >= 15 is 0 Å². The Morgan fingerprint density at radius 1 is 0.840 bits per heavy atom. The molecule has 0 aliphatic carbocycles. The van der Waals surface area contributed by atoms with Crippen LogP contribution in [0.4, 0.5) is 0 Å². The van der Waals surface area contributed by atoms with Crippen molar-refractivity contribution < 1.29 is 25.5 Å². The molecule has 0 radical (unpaired) electrons. The van der Waals surface area contributed by atoms with Gasteiger partial charge < -0.3 is 25.5 Å². The van der Waals surface area contributed by atoms with Crippen molar-refractivity contribution in [2.24, 2.45) is 0 Å². The second kappa shape index (κ2) is 8.09. The first kappa shape index (κ1) is 18.9. The van der Waals surface area contributed by atoms with Gasteiger partial charge in [-0.1, -0.05) is 12.1 Å². The van der Waals surface area contributed by atoms with Crippen molar-refractivity contribution in [3.8, 4) is 23.0 Å². The minimum absolute atomic E-state index is 0.145. The van der Waals surface area contributed by atoms with Gasteiger partial charge in [0.2, 0.25) is 0 Å². The van der Waals surface area contributed by atoms with Gasteiger partial charge in [-0.3, -0.25) is 4.90 Å². The molecule has 0 spiro atoms. The van der Waals surface area contributed by atoms with Crippen LogP contribution in [0.15, 0.2) is 36.4 Å². The Balaban J connectivity index is 2.02. The van der Waals surface area contributed by atoms with E-state index in [0.717, 1.165) is 5.56 Å². The van der Waals surface area contributed by atoms with Crippen LogP contribution in [-0.2, 0) is 6.42 Å². The normalized spacial score (nSPS) is 12.7. The van der Waals surface area contributed by atoms with Crippen LogP contribution in [-0.4, -0.2) is 49.6 Å². The minimum Gasteiger partial charge on any atom is -0.504 e. The van der Waals surface area contributed by atoms with E-state index in [1.54, 1.807) is 12.1 Å². The van der Waals surface area contributed by atoms with Crippen LogP contribution in [0.3, 0.4) is 0 Å². The molecule has 0 fully saturated rings. The topological polar surface area (TPSA) is 104 Å². The van der Waals surface area contributed by atoms with Crippen molar-refractivity contribution >= 4 is 0 Å². The Hall–Kier alpha value is -2.44. The summed E-state index contributed by atoms with van der Waals surface area (Å²) < 4.78 is 0. The van der Waals surface area contributed by atoms with Gasteiger partial charge in [0.15, 0.2) is 23.0 Å². The molecule has 0 aliphatic rings. The first-order valence-corrected chi connectivity index (χ1v) is 8.22. The molecule has 6 heteroatoms. The fourth-order valence-electron chi connectivity index (χ4n) is 2.63. The summed E-state index contributed by atoms with van der Waals surface area (Å²) in [5, 5.41) is 48.3. The molecule has 2 aromatic rings. The van der Waals surface area contributed by atoms with E-state index in [2.05, 4.69) is 4.90 Å². The maximum atomic E-state index is 10.4. The molecule has 136 valence electrons. The Labute approximate surface area is 147 Å². The highest BCUT2D eigenvalue weighted by Gasteiger charge is 2.17. The van der Waals surface area contributed by atoms with Gasteiger partial charge in [-0.2, -0.15) is 0 Å². The molecule has 0 aromatic heterocycles. The first-order valence-electron chi connectivity index (χ1n) is 8.22. The molecule has 0 saturated heterocycles. The number of rotatable bonds is 7. The summed E-state index contributed by atoms with van der Waals surface area (Å²) in [4.78, 5) is 2.08. The van der Waals surface area contributed by atoms with E-state index in [1.165, 1.54) is 24.3 Å². The smallest absolute Gasteiger partial charge is 0.157 e. The lowest BCUT2D eigenvalue weighted by Crippen LogP contribution is -2.36. The zero-order valence-electron chi connectivity index (χ0n) is 14.4. The molecule has 2 aromatic carbocycles. The molecule has 2 rings (SSSR count). The predicted molar refractivity (Wildman–Crippen MR) is 94.9 cm³/mol. The number of nitrogens with zero attached hydrogens (tertiary/aromatic N) is 1. The molecule has 1 atom stereocenters. The van der Waals surface area contributed by atoms with Crippen LogP contribution in [0.5, 0.6) is 23.0 Å². The van der Waals surface area contributed by atoms with Crippen molar-refractivity contribution in [1.82, 2.24) is 4.90 Å². The van der Waals surface area contributed by atoms with Crippen molar-refractivity contribution in [2.75, 3.05) is 13.1 Å². The summed E-state index contributed by atoms with van der Waals surface area (Å²) in [7, 11) is 0. The highest BCUT2D eigenvalue weighted by molar-refractivity contribution is 5.41. The fourth-order valence-corrected chi connectivity index (χ4v) is 2.63.